The number of hydrogen-bond donors (Lipinski definition) is 1. The van der Waals surface area contributed by atoms with Crippen molar-refractivity contribution in [2.24, 2.45) is 5.92 Å². The van der Waals surface area contributed by atoms with E-state index in [-0.39, 0.29) is 18.2 Å². The van der Waals surface area contributed by atoms with Gasteiger partial charge in [0, 0.05) is 23.1 Å². The highest BCUT2D eigenvalue weighted by molar-refractivity contribution is 9.10. The van der Waals surface area contributed by atoms with Gasteiger partial charge in [-0.2, -0.15) is 0 Å². The van der Waals surface area contributed by atoms with E-state index in [0.29, 0.717) is 17.3 Å². The highest BCUT2D eigenvalue weighted by Crippen LogP contribution is 2.31. The Labute approximate surface area is 153 Å². The molecule has 4 nitrogen and oxygen atoms in total. The zero-order valence-corrected chi connectivity index (χ0v) is 15.4. The van der Waals surface area contributed by atoms with Gasteiger partial charge in [-0.25, -0.2) is 0 Å². The average molecular weight is 408 g/mol. The minimum atomic E-state index is -0.391. The van der Waals surface area contributed by atoms with E-state index in [2.05, 4.69) is 21.2 Å². The van der Waals surface area contributed by atoms with E-state index in [1.54, 1.807) is 17.0 Å². The van der Waals surface area contributed by atoms with E-state index in [4.69, 9.17) is 11.6 Å². The molecule has 2 aromatic carbocycles. The van der Waals surface area contributed by atoms with Crippen LogP contribution in [0, 0.1) is 12.8 Å². The predicted molar refractivity (Wildman–Crippen MR) is 99.4 cm³/mol. The third-order valence-corrected chi connectivity index (χ3v) is 5.27. The second-order valence-electron chi connectivity index (χ2n) is 5.81. The number of para-hydroxylation sites is 1. The van der Waals surface area contributed by atoms with Gasteiger partial charge >= 0.3 is 0 Å². The summed E-state index contributed by atoms with van der Waals surface area (Å²) in [6.07, 6.45) is 0.187. The topological polar surface area (TPSA) is 49.4 Å². The molecule has 1 aliphatic heterocycles. The lowest BCUT2D eigenvalue weighted by Gasteiger charge is -2.18. The number of amides is 2. The zero-order valence-electron chi connectivity index (χ0n) is 13.1. The predicted octanol–water partition coefficient (Wildman–Crippen LogP) is 4.40. The molecule has 0 radical (unpaired) electrons. The standard InChI is InChI=1S/C18H16BrClN2O2/c1-11-8-13(6-7-14(11)19)21-18(24)12-9-17(23)22(10-12)16-5-3-2-4-15(16)20/h2-8,12H,9-10H2,1H3,(H,21,24)/t12-/m1/s1. The maximum absolute atomic E-state index is 12.5. The van der Waals surface area contributed by atoms with Gasteiger partial charge in [-0.15, -0.1) is 0 Å². The smallest absolute Gasteiger partial charge is 0.229 e. The van der Waals surface area contributed by atoms with Crippen molar-refractivity contribution in [2.45, 2.75) is 13.3 Å². The molecule has 2 aromatic rings. The Balaban J connectivity index is 1.72. The number of hydrogen-bond acceptors (Lipinski definition) is 2. The number of anilines is 2. The number of rotatable bonds is 3. The van der Waals surface area contributed by atoms with Crippen LogP contribution in [0.15, 0.2) is 46.9 Å². The van der Waals surface area contributed by atoms with Crippen LogP contribution in [-0.2, 0) is 9.59 Å². The van der Waals surface area contributed by atoms with Crippen LogP contribution < -0.4 is 10.2 Å². The summed E-state index contributed by atoms with van der Waals surface area (Å²) >= 11 is 9.59. The molecule has 1 fully saturated rings. The molecule has 0 spiro atoms. The van der Waals surface area contributed by atoms with Gasteiger partial charge in [-0.3, -0.25) is 9.59 Å². The van der Waals surface area contributed by atoms with Crippen molar-refractivity contribution in [2.75, 3.05) is 16.8 Å². The molecule has 1 atom stereocenters. The van der Waals surface area contributed by atoms with E-state index in [1.807, 2.05) is 37.3 Å². The first-order chi connectivity index (χ1) is 11.5. The van der Waals surface area contributed by atoms with Crippen LogP contribution in [0.1, 0.15) is 12.0 Å². The van der Waals surface area contributed by atoms with Crippen LogP contribution >= 0.6 is 27.5 Å². The molecule has 124 valence electrons. The Bertz CT molecular complexity index is 809. The van der Waals surface area contributed by atoms with Crippen LogP contribution in [0.2, 0.25) is 5.02 Å². The fraction of sp³-hybridized carbons (Fsp3) is 0.222. The minimum Gasteiger partial charge on any atom is -0.326 e. The summed E-state index contributed by atoms with van der Waals surface area (Å²) < 4.78 is 0.987. The number of halogens is 2. The number of benzene rings is 2. The van der Waals surface area contributed by atoms with Crippen molar-refractivity contribution in [1.82, 2.24) is 0 Å². The van der Waals surface area contributed by atoms with Gasteiger partial charge in [0.1, 0.15) is 0 Å². The summed E-state index contributed by atoms with van der Waals surface area (Å²) in [7, 11) is 0. The van der Waals surface area contributed by atoms with E-state index >= 15 is 0 Å². The van der Waals surface area contributed by atoms with Crippen molar-refractivity contribution in [3.63, 3.8) is 0 Å². The Kier molecular flexibility index (Phi) is 4.92. The summed E-state index contributed by atoms with van der Waals surface area (Å²) in [6.45, 7) is 2.29. The van der Waals surface area contributed by atoms with Crippen molar-refractivity contribution in [3.05, 3.63) is 57.5 Å². The number of aryl methyl sites for hydroxylation is 1. The minimum absolute atomic E-state index is 0.0877. The molecule has 1 N–H and O–H groups in total. The summed E-state index contributed by atoms with van der Waals surface area (Å²) in [5, 5.41) is 3.40. The van der Waals surface area contributed by atoms with Crippen molar-refractivity contribution >= 4 is 50.7 Å². The molecule has 0 saturated carbocycles. The Hall–Kier alpha value is -1.85. The van der Waals surface area contributed by atoms with E-state index in [1.165, 1.54) is 0 Å². The van der Waals surface area contributed by atoms with Crippen molar-refractivity contribution < 1.29 is 9.59 Å². The Morgan fingerprint density at radius 3 is 2.75 bits per heavy atom. The Morgan fingerprint density at radius 1 is 1.29 bits per heavy atom. The van der Waals surface area contributed by atoms with Gasteiger partial charge in [0.25, 0.3) is 0 Å². The molecule has 1 saturated heterocycles. The summed E-state index contributed by atoms with van der Waals surface area (Å²) in [5.41, 5.74) is 2.41. The summed E-state index contributed by atoms with van der Waals surface area (Å²) in [6, 6.07) is 12.8. The molecule has 1 heterocycles. The maximum atomic E-state index is 12.5. The number of carbonyl (C=O) groups is 2. The summed E-state index contributed by atoms with van der Waals surface area (Å²) in [4.78, 5) is 26.3. The highest BCUT2D eigenvalue weighted by Gasteiger charge is 2.35. The monoisotopic (exact) mass is 406 g/mol. The Morgan fingerprint density at radius 2 is 2.04 bits per heavy atom. The lowest BCUT2D eigenvalue weighted by atomic mass is 10.1. The highest BCUT2D eigenvalue weighted by atomic mass is 79.9. The molecular weight excluding hydrogens is 392 g/mol. The number of nitrogens with zero attached hydrogens (tertiary/aromatic N) is 1. The van der Waals surface area contributed by atoms with E-state index in [0.717, 1.165) is 15.7 Å². The molecular formula is C18H16BrClN2O2. The van der Waals surface area contributed by atoms with Crippen LogP contribution in [0.4, 0.5) is 11.4 Å². The average Bonchev–Trinajstić information content (AvgIpc) is 2.93. The lowest BCUT2D eigenvalue weighted by Crippen LogP contribution is -2.28. The van der Waals surface area contributed by atoms with Gasteiger partial charge < -0.3 is 10.2 Å². The fourth-order valence-corrected chi connectivity index (χ4v) is 3.24. The van der Waals surface area contributed by atoms with E-state index in [9.17, 15) is 9.59 Å². The first kappa shape index (κ1) is 17.0. The van der Waals surface area contributed by atoms with Crippen molar-refractivity contribution in [3.8, 4) is 0 Å². The van der Waals surface area contributed by atoms with Crippen molar-refractivity contribution in [1.29, 1.82) is 0 Å². The third-order valence-electron chi connectivity index (χ3n) is 4.06. The number of nitrogens with one attached hydrogen (secondary N) is 1. The largest absolute Gasteiger partial charge is 0.326 e. The fourth-order valence-electron chi connectivity index (χ4n) is 2.75. The van der Waals surface area contributed by atoms with Crippen LogP contribution in [-0.4, -0.2) is 18.4 Å². The van der Waals surface area contributed by atoms with E-state index < -0.39 is 5.92 Å². The van der Waals surface area contributed by atoms with Crippen LogP contribution in [0.5, 0.6) is 0 Å². The second kappa shape index (κ2) is 6.95. The first-order valence-electron chi connectivity index (χ1n) is 7.57. The van der Waals surface area contributed by atoms with Crippen LogP contribution in [0.3, 0.4) is 0 Å². The maximum Gasteiger partial charge on any atom is 0.229 e. The summed E-state index contributed by atoms with van der Waals surface area (Å²) in [5.74, 6) is -0.632. The molecule has 0 unspecified atom stereocenters. The van der Waals surface area contributed by atoms with Gasteiger partial charge in [0.15, 0.2) is 0 Å². The SMILES string of the molecule is Cc1cc(NC(=O)[C@@H]2CC(=O)N(c3ccccc3Cl)C2)ccc1Br. The molecule has 0 aromatic heterocycles. The zero-order chi connectivity index (χ0) is 17.3. The molecule has 0 bridgehead atoms. The van der Waals surface area contributed by atoms with Gasteiger partial charge in [-0.1, -0.05) is 39.7 Å². The number of carbonyl (C=O) groups excluding carboxylic acids is 2. The third kappa shape index (κ3) is 3.47. The quantitative estimate of drug-likeness (QED) is 0.819. The van der Waals surface area contributed by atoms with Gasteiger partial charge in [-0.05, 0) is 42.8 Å². The van der Waals surface area contributed by atoms with Gasteiger partial charge in [0.05, 0.1) is 16.6 Å². The molecule has 1 aliphatic rings. The lowest BCUT2D eigenvalue weighted by molar-refractivity contribution is -0.122. The molecule has 6 heteroatoms. The molecule has 24 heavy (non-hydrogen) atoms. The molecule has 2 amide bonds. The second-order valence-corrected chi connectivity index (χ2v) is 7.07. The normalized spacial score (nSPS) is 17.2. The molecule has 3 rings (SSSR count). The molecule has 0 aliphatic carbocycles. The first-order valence-corrected chi connectivity index (χ1v) is 8.74. The van der Waals surface area contributed by atoms with Crippen LogP contribution in [0.25, 0.3) is 0 Å². The van der Waals surface area contributed by atoms with Gasteiger partial charge in [0.2, 0.25) is 11.8 Å².